The van der Waals surface area contributed by atoms with E-state index in [1.165, 1.54) is 17.5 Å². The van der Waals surface area contributed by atoms with Crippen LogP contribution in [0.2, 0.25) is 0 Å². The molecule has 1 N–H and O–H groups in total. The van der Waals surface area contributed by atoms with Crippen LogP contribution in [0, 0.1) is 5.41 Å². The summed E-state index contributed by atoms with van der Waals surface area (Å²) in [7, 11) is 4.24. The van der Waals surface area contributed by atoms with E-state index < -0.39 is 0 Å². The van der Waals surface area contributed by atoms with Gasteiger partial charge in [-0.3, -0.25) is 0 Å². The molecule has 0 bridgehead atoms. The highest BCUT2D eigenvalue weighted by Crippen LogP contribution is 2.51. The van der Waals surface area contributed by atoms with Gasteiger partial charge in [0.05, 0.1) is 6.61 Å². The Kier molecular flexibility index (Phi) is 4.32. The molecule has 0 saturated heterocycles. The Hall–Kier alpha value is -0.860. The van der Waals surface area contributed by atoms with Crippen LogP contribution in [0.15, 0.2) is 24.3 Å². The molecule has 0 radical (unpaired) electrons. The summed E-state index contributed by atoms with van der Waals surface area (Å²) >= 11 is 0. The van der Waals surface area contributed by atoms with Gasteiger partial charge in [-0.2, -0.15) is 0 Å². The summed E-state index contributed by atoms with van der Waals surface area (Å²) in [5, 5.41) is 9.83. The van der Waals surface area contributed by atoms with E-state index in [9.17, 15) is 5.11 Å². The second-order valence-corrected chi connectivity index (χ2v) is 6.56. The van der Waals surface area contributed by atoms with Crippen molar-refractivity contribution in [3.8, 4) is 0 Å². The zero-order chi connectivity index (χ0) is 14.0. The number of aliphatic hydroxyl groups excluding tert-OH is 1. The van der Waals surface area contributed by atoms with Gasteiger partial charge in [-0.1, -0.05) is 44.5 Å². The molecule has 0 amide bonds. The molecule has 2 nitrogen and oxygen atoms in total. The Balaban J connectivity index is 2.29. The maximum atomic E-state index is 9.83. The van der Waals surface area contributed by atoms with Crippen molar-refractivity contribution in [2.75, 3.05) is 20.7 Å². The van der Waals surface area contributed by atoms with Crippen molar-refractivity contribution in [2.45, 2.75) is 45.1 Å². The van der Waals surface area contributed by atoms with Gasteiger partial charge in [0.2, 0.25) is 0 Å². The number of nitrogens with zero attached hydrogens (tertiary/aromatic N) is 1. The minimum Gasteiger partial charge on any atom is -0.396 e. The van der Waals surface area contributed by atoms with Crippen LogP contribution in [-0.4, -0.2) is 30.7 Å². The third kappa shape index (κ3) is 2.70. The van der Waals surface area contributed by atoms with Gasteiger partial charge < -0.3 is 10.0 Å². The minimum atomic E-state index is 0.0723. The molecular formula is C17H27NO. The number of benzene rings is 1. The van der Waals surface area contributed by atoms with Crippen LogP contribution in [0.25, 0.3) is 0 Å². The standard InChI is InChI=1S/C17H27NO/c1-13(2)14-6-8-15(9-7-14)16(18(3)4)17(12-19)10-5-11-17/h6-9,13,16,19H,5,10-12H2,1-4H3. The molecule has 1 aliphatic rings. The Bertz CT molecular complexity index is 398. The summed E-state index contributed by atoms with van der Waals surface area (Å²) in [6.07, 6.45) is 3.52. The lowest BCUT2D eigenvalue weighted by molar-refractivity contribution is -0.0308. The number of hydrogen-bond acceptors (Lipinski definition) is 2. The molecule has 19 heavy (non-hydrogen) atoms. The van der Waals surface area contributed by atoms with Crippen LogP contribution in [0.1, 0.15) is 56.2 Å². The van der Waals surface area contributed by atoms with Crippen molar-refractivity contribution >= 4 is 0 Å². The Morgan fingerprint density at radius 1 is 1.11 bits per heavy atom. The van der Waals surface area contributed by atoms with Crippen LogP contribution in [0.3, 0.4) is 0 Å². The van der Waals surface area contributed by atoms with E-state index in [0.29, 0.717) is 18.6 Å². The van der Waals surface area contributed by atoms with Gasteiger partial charge in [0, 0.05) is 11.5 Å². The summed E-state index contributed by atoms with van der Waals surface area (Å²) in [5.74, 6) is 0.572. The molecule has 1 saturated carbocycles. The number of aliphatic hydroxyl groups is 1. The van der Waals surface area contributed by atoms with E-state index in [1.54, 1.807) is 0 Å². The van der Waals surface area contributed by atoms with Crippen molar-refractivity contribution in [1.29, 1.82) is 0 Å². The van der Waals surface area contributed by atoms with Gasteiger partial charge in [0.25, 0.3) is 0 Å². The first-order valence-corrected chi connectivity index (χ1v) is 7.37. The third-order valence-electron chi connectivity index (χ3n) is 4.68. The quantitative estimate of drug-likeness (QED) is 0.876. The summed E-state index contributed by atoms with van der Waals surface area (Å²) in [5.41, 5.74) is 2.79. The van der Waals surface area contributed by atoms with Gasteiger partial charge >= 0.3 is 0 Å². The molecule has 0 aliphatic heterocycles. The molecule has 2 heteroatoms. The zero-order valence-electron chi connectivity index (χ0n) is 12.7. The molecule has 1 fully saturated rings. The van der Waals surface area contributed by atoms with E-state index in [1.807, 2.05) is 0 Å². The molecule has 1 aromatic carbocycles. The molecule has 1 aromatic rings. The molecule has 0 spiro atoms. The summed E-state index contributed by atoms with van der Waals surface area (Å²) in [6.45, 7) is 4.74. The van der Waals surface area contributed by atoms with Gasteiger partial charge in [-0.25, -0.2) is 0 Å². The first-order chi connectivity index (χ1) is 9.00. The second-order valence-electron chi connectivity index (χ2n) is 6.56. The second kappa shape index (κ2) is 5.64. The largest absolute Gasteiger partial charge is 0.396 e. The van der Waals surface area contributed by atoms with E-state index >= 15 is 0 Å². The van der Waals surface area contributed by atoms with Crippen LogP contribution < -0.4 is 0 Å². The first kappa shape index (κ1) is 14.5. The third-order valence-corrected chi connectivity index (χ3v) is 4.68. The average Bonchev–Trinajstić information content (AvgIpc) is 2.33. The smallest absolute Gasteiger partial charge is 0.0505 e. The van der Waals surface area contributed by atoms with Gasteiger partial charge in [0.15, 0.2) is 0 Å². The molecular weight excluding hydrogens is 234 g/mol. The number of hydrogen-bond donors (Lipinski definition) is 1. The maximum absolute atomic E-state index is 9.83. The van der Waals surface area contributed by atoms with E-state index in [2.05, 4.69) is 57.1 Å². The van der Waals surface area contributed by atoms with Crippen molar-refractivity contribution in [2.24, 2.45) is 5.41 Å². The normalized spacial score (nSPS) is 19.5. The monoisotopic (exact) mass is 261 g/mol. The first-order valence-electron chi connectivity index (χ1n) is 7.37. The molecule has 106 valence electrons. The molecule has 0 heterocycles. The highest BCUT2D eigenvalue weighted by molar-refractivity contribution is 5.29. The predicted molar refractivity (Wildman–Crippen MR) is 80.3 cm³/mol. The Morgan fingerprint density at radius 3 is 1.95 bits per heavy atom. The number of rotatable bonds is 5. The summed E-state index contributed by atoms with van der Waals surface area (Å²) in [4.78, 5) is 2.26. The molecule has 1 unspecified atom stereocenters. The van der Waals surface area contributed by atoms with Crippen LogP contribution >= 0.6 is 0 Å². The highest BCUT2D eigenvalue weighted by Gasteiger charge is 2.45. The maximum Gasteiger partial charge on any atom is 0.0505 e. The highest BCUT2D eigenvalue weighted by atomic mass is 16.3. The fourth-order valence-electron chi connectivity index (χ4n) is 3.41. The lowest BCUT2D eigenvalue weighted by Crippen LogP contribution is -2.45. The van der Waals surface area contributed by atoms with Crippen molar-refractivity contribution < 1.29 is 5.11 Å². The fourth-order valence-corrected chi connectivity index (χ4v) is 3.41. The molecule has 0 aromatic heterocycles. The van der Waals surface area contributed by atoms with Crippen LogP contribution in [0.5, 0.6) is 0 Å². The van der Waals surface area contributed by atoms with Crippen molar-refractivity contribution in [3.63, 3.8) is 0 Å². The molecule has 1 atom stereocenters. The molecule has 1 aliphatic carbocycles. The van der Waals surface area contributed by atoms with Gasteiger partial charge in [-0.15, -0.1) is 0 Å². The SMILES string of the molecule is CC(C)c1ccc(C(N(C)C)C2(CO)CCC2)cc1. The average molecular weight is 261 g/mol. The van der Waals surface area contributed by atoms with E-state index in [0.717, 1.165) is 12.8 Å². The minimum absolute atomic E-state index is 0.0723. The lowest BCUT2D eigenvalue weighted by Gasteiger charge is -2.49. The van der Waals surface area contributed by atoms with Crippen LogP contribution in [0.4, 0.5) is 0 Å². The van der Waals surface area contributed by atoms with E-state index in [-0.39, 0.29) is 5.41 Å². The zero-order valence-corrected chi connectivity index (χ0v) is 12.7. The topological polar surface area (TPSA) is 23.5 Å². The fraction of sp³-hybridized carbons (Fsp3) is 0.647. The Labute approximate surface area is 117 Å². The van der Waals surface area contributed by atoms with Crippen LogP contribution in [-0.2, 0) is 0 Å². The van der Waals surface area contributed by atoms with Crippen molar-refractivity contribution in [1.82, 2.24) is 4.90 Å². The van der Waals surface area contributed by atoms with Gasteiger partial charge in [0.1, 0.15) is 0 Å². The van der Waals surface area contributed by atoms with Crippen molar-refractivity contribution in [3.05, 3.63) is 35.4 Å². The Morgan fingerprint density at radius 2 is 1.63 bits per heavy atom. The van der Waals surface area contributed by atoms with Gasteiger partial charge in [-0.05, 0) is 44.0 Å². The summed E-state index contributed by atoms with van der Waals surface area (Å²) < 4.78 is 0. The predicted octanol–water partition coefficient (Wildman–Crippen LogP) is 3.58. The molecule has 2 rings (SSSR count). The summed E-state index contributed by atoms with van der Waals surface area (Å²) in [6, 6.07) is 9.29. The lowest BCUT2D eigenvalue weighted by atomic mass is 9.62. The van der Waals surface area contributed by atoms with E-state index in [4.69, 9.17) is 0 Å².